The highest BCUT2D eigenvalue weighted by Gasteiger charge is 2.31. The van der Waals surface area contributed by atoms with Gasteiger partial charge in [-0.2, -0.15) is 0 Å². The first-order chi connectivity index (χ1) is 12.0. The fourth-order valence-corrected chi connectivity index (χ4v) is 3.42. The van der Waals surface area contributed by atoms with Crippen LogP contribution in [0.1, 0.15) is 25.8 Å². The Morgan fingerprint density at radius 1 is 1.28 bits per heavy atom. The summed E-state index contributed by atoms with van der Waals surface area (Å²) in [4.78, 5) is 27.4. The summed E-state index contributed by atoms with van der Waals surface area (Å²) >= 11 is 0. The largest absolute Gasteiger partial charge is 0.481 e. The molecule has 0 radical (unpaired) electrons. The summed E-state index contributed by atoms with van der Waals surface area (Å²) < 4.78 is 0. The van der Waals surface area contributed by atoms with Crippen LogP contribution >= 0.6 is 0 Å². The maximum absolute atomic E-state index is 12.4. The molecule has 2 unspecified atom stereocenters. The number of hydrogen-bond donors (Lipinski definition) is 2. The molecule has 1 aromatic carbocycles. The van der Waals surface area contributed by atoms with E-state index in [0.717, 1.165) is 19.5 Å². The maximum atomic E-state index is 12.4. The molecule has 1 aromatic rings. The highest BCUT2D eigenvalue weighted by atomic mass is 16.4. The molecule has 0 saturated carbocycles. The molecule has 2 N–H and O–H groups in total. The van der Waals surface area contributed by atoms with E-state index in [-0.39, 0.29) is 12.1 Å². The number of hydrogen-bond acceptors (Lipinski definition) is 3. The summed E-state index contributed by atoms with van der Waals surface area (Å²) in [6.07, 6.45) is 1.41. The van der Waals surface area contributed by atoms with Crippen LogP contribution in [-0.2, 0) is 11.2 Å². The van der Waals surface area contributed by atoms with Crippen LogP contribution in [0, 0.1) is 5.92 Å². The van der Waals surface area contributed by atoms with Gasteiger partial charge in [-0.1, -0.05) is 44.2 Å². The molecule has 1 saturated heterocycles. The maximum Gasteiger partial charge on any atom is 0.317 e. The predicted octanol–water partition coefficient (Wildman–Crippen LogP) is 2.06. The monoisotopic (exact) mass is 347 g/mol. The molecule has 1 fully saturated rings. The molecule has 0 spiro atoms. The van der Waals surface area contributed by atoms with Gasteiger partial charge in [0.2, 0.25) is 0 Å². The summed E-state index contributed by atoms with van der Waals surface area (Å²) in [5.74, 6) is -1.26. The standard InChI is InChI=1S/C19H29N3O3/c1-3-21(4-2)17(12-15-8-6-5-7-9-15)13-20-19(25)22-11-10-16(14-22)18(23)24/h5-9,16-17H,3-4,10-14H2,1-2H3,(H,20,25)(H,23,24). The molecule has 6 nitrogen and oxygen atoms in total. The van der Waals surface area contributed by atoms with Gasteiger partial charge in [0.05, 0.1) is 5.92 Å². The van der Waals surface area contributed by atoms with Crippen molar-refractivity contribution in [2.75, 3.05) is 32.7 Å². The Kier molecular flexibility index (Phi) is 7.25. The highest BCUT2D eigenvalue weighted by Crippen LogP contribution is 2.16. The van der Waals surface area contributed by atoms with Gasteiger partial charge in [-0.3, -0.25) is 9.69 Å². The second-order valence-corrected chi connectivity index (χ2v) is 6.52. The van der Waals surface area contributed by atoms with Crippen molar-refractivity contribution in [3.05, 3.63) is 35.9 Å². The molecule has 2 atom stereocenters. The second kappa shape index (κ2) is 9.42. The van der Waals surface area contributed by atoms with Crippen molar-refractivity contribution in [1.82, 2.24) is 15.1 Å². The molecule has 1 aliphatic rings. The lowest BCUT2D eigenvalue weighted by molar-refractivity contribution is -0.141. The number of rotatable bonds is 8. The van der Waals surface area contributed by atoms with E-state index < -0.39 is 11.9 Å². The predicted molar refractivity (Wildman–Crippen MR) is 97.6 cm³/mol. The first-order valence-electron chi connectivity index (χ1n) is 9.08. The number of likely N-dealkylation sites (N-methyl/N-ethyl adjacent to an activating group) is 1. The molecule has 138 valence electrons. The lowest BCUT2D eigenvalue weighted by Gasteiger charge is -2.30. The van der Waals surface area contributed by atoms with Crippen LogP contribution < -0.4 is 5.32 Å². The van der Waals surface area contributed by atoms with Gasteiger partial charge in [0.15, 0.2) is 0 Å². The number of amides is 2. The van der Waals surface area contributed by atoms with Gasteiger partial charge in [0.1, 0.15) is 0 Å². The van der Waals surface area contributed by atoms with E-state index in [4.69, 9.17) is 5.11 Å². The van der Waals surface area contributed by atoms with Gasteiger partial charge in [-0.15, -0.1) is 0 Å². The zero-order chi connectivity index (χ0) is 18.2. The third-order valence-electron chi connectivity index (χ3n) is 4.96. The number of nitrogens with one attached hydrogen (secondary N) is 1. The van der Waals surface area contributed by atoms with Crippen LogP contribution in [0.2, 0.25) is 0 Å². The number of urea groups is 1. The fraction of sp³-hybridized carbons (Fsp3) is 0.579. The molecule has 6 heteroatoms. The number of carboxylic acid groups (broad SMARTS) is 1. The van der Waals surface area contributed by atoms with Gasteiger partial charge in [0.25, 0.3) is 0 Å². The Morgan fingerprint density at radius 2 is 1.96 bits per heavy atom. The van der Waals surface area contributed by atoms with Crippen molar-refractivity contribution >= 4 is 12.0 Å². The summed E-state index contributed by atoms with van der Waals surface area (Å²) in [5, 5.41) is 12.1. The van der Waals surface area contributed by atoms with Gasteiger partial charge in [-0.05, 0) is 31.5 Å². The molecule has 2 rings (SSSR count). The van der Waals surface area contributed by atoms with E-state index in [0.29, 0.717) is 26.1 Å². The zero-order valence-corrected chi connectivity index (χ0v) is 15.1. The molecule has 0 aliphatic carbocycles. The summed E-state index contributed by atoms with van der Waals surface area (Å²) in [7, 11) is 0. The van der Waals surface area contributed by atoms with Crippen LogP contribution in [-0.4, -0.2) is 65.7 Å². The van der Waals surface area contributed by atoms with E-state index >= 15 is 0 Å². The van der Waals surface area contributed by atoms with Crippen molar-refractivity contribution in [2.24, 2.45) is 5.92 Å². The first kappa shape index (κ1) is 19.2. The Labute approximate surface area is 149 Å². The van der Waals surface area contributed by atoms with Crippen molar-refractivity contribution in [2.45, 2.75) is 32.7 Å². The molecular formula is C19H29N3O3. The van der Waals surface area contributed by atoms with Crippen molar-refractivity contribution in [3.8, 4) is 0 Å². The number of aliphatic carboxylic acids is 1. The number of carbonyl (C=O) groups excluding carboxylic acids is 1. The Hall–Kier alpha value is -2.08. The molecule has 0 bridgehead atoms. The Balaban J connectivity index is 1.92. The van der Waals surface area contributed by atoms with E-state index in [9.17, 15) is 9.59 Å². The quantitative estimate of drug-likeness (QED) is 0.755. The van der Waals surface area contributed by atoms with Crippen LogP contribution in [0.15, 0.2) is 30.3 Å². The summed E-state index contributed by atoms with van der Waals surface area (Å²) in [6, 6.07) is 10.3. The lowest BCUT2D eigenvalue weighted by Crippen LogP contribution is -2.48. The summed E-state index contributed by atoms with van der Waals surface area (Å²) in [6.45, 7) is 7.47. The topological polar surface area (TPSA) is 72.9 Å². The minimum atomic E-state index is -0.819. The third-order valence-corrected chi connectivity index (χ3v) is 4.96. The van der Waals surface area contributed by atoms with Crippen LogP contribution in [0.3, 0.4) is 0 Å². The smallest absolute Gasteiger partial charge is 0.317 e. The van der Waals surface area contributed by atoms with Crippen molar-refractivity contribution in [1.29, 1.82) is 0 Å². The van der Waals surface area contributed by atoms with Crippen LogP contribution in [0.5, 0.6) is 0 Å². The lowest BCUT2D eigenvalue weighted by atomic mass is 10.0. The van der Waals surface area contributed by atoms with Gasteiger partial charge < -0.3 is 15.3 Å². The Bertz CT molecular complexity index is 560. The fourth-order valence-electron chi connectivity index (χ4n) is 3.42. The highest BCUT2D eigenvalue weighted by molar-refractivity contribution is 5.77. The average molecular weight is 347 g/mol. The average Bonchev–Trinajstić information content (AvgIpc) is 3.11. The minimum Gasteiger partial charge on any atom is -0.481 e. The van der Waals surface area contributed by atoms with Gasteiger partial charge >= 0.3 is 12.0 Å². The molecular weight excluding hydrogens is 318 g/mol. The first-order valence-corrected chi connectivity index (χ1v) is 9.08. The molecule has 1 heterocycles. The third kappa shape index (κ3) is 5.46. The number of likely N-dealkylation sites (tertiary alicyclic amines) is 1. The van der Waals surface area contributed by atoms with Crippen LogP contribution in [0.25, 0.3) is 0 Å². The summed E-state index contributed by atoms with van der Waals surface area (Å²) in [5.41, 5.74) is 1.25. The van der Waals surface area contributed by atoms with E-state index in [2.05, 4.69) is 36.2 Å². The normalized spacial score (nSPS) is 18.4. The van der Waals surface area contributed by atoms with Crippen LogP contribution in [0.4, 0.5) is 4.79 Å². The van der Waals surface area contributed by atoms with E-state index in [1.807, 2.05) is 18.2 Å². The SMILES string of the molecule is CCN(CC)C(CNC(=O)N1CCC(C(=O)O)C1)Cc1ccccc1. The number of carboxylic acids is 1. The second-order valence-electron chi connectivity index (χ2n) is 6.52. The number of benzene rings is 1. The Morgan fingerprint density at radius 3 is 2.52 bits per heavy atom. The van der Waals surface area contributed by atoms with Crippen molar-refractivity contribution < 1.29 is 14.7 Å². The molecule has 25 heavy (non-hydrogen) atoms. The zero-order valence-electron chi connectivity index (χ0n) is 15.1. The molecule has 1 aliphatic heterocycles. The number of nitrogens with zero attached hydrogens (tertiary/aromatic N) is 2. The van der Waals surface area contributed by atoms with Gasteiger partial charge in [0, 0.05) is 25.7 Å². The molecule has 2 amide bonds. The van der Waals surface area contributed by atoms with E-state index in [1.54, 1.807) is 4.90 Å². The minimum absolute atomic E-state index is 0.158. The van der Waals surface area contributed by atoms with E-state index in [1.165, 1.54) is 5.56 Å². The molecule has 0 aromatic heterocycles. The van der Waals surface area contributed by atoms with Crippen molar-refractivity contribution in [3.63, 3.8) is 0 Å². The number of carbonyl (C=O) groups is 2. The van der Waals surface area contributed by atoms with Gasteiger partial charge in [-0.25, -0.2) is 4.79 Å².